The third-order valence-corrected chi connectivity index (χ3v) is 5.11. The highest BCUT2D eigenvalue weighted by molar-refractivity contribution is 6.25. The molecular formula is C19H18N2O2. The van der Waals surface area contributed by atoms with Crippen molar-refractivity contribution in [2.24, 2.45) is 5.41 Å². The van der Waals surface area contributed by atoms with Gasteiger partial charge in [-0.05, 0) is 24.1 Å². The molecule has 1 aliphatic heterocycles. The summed E-state index contributed by atoms with van der Waals surface area (Å²) in [6, 6.07) is 9.23. The van der Waals surface area contributed by atoms with E-state index >= 15 is 0 Å². The lowest BCUT2D eigenvalue weighted by atomic mass is 9.65. The summed E-state index contributed by atoms with van der Waals surface area (Å²) in [6.07, 6.45) is 9.07. The maximum absolute atomic E-state index is 12.7. The Morgan fingerprint density at radius 3 is 2.43 bits per heavy atom. The normalized spacial score (nSPS) is 30.9. The minimum atomic E-state index is -0.557. The van der Waals surface area contributed by atoms with Gasteiger partial charge in [-0.3, -0.25) is 9.59 Å². The number of para-hydroxylation sites is 1. The van der Waals surface area contributed by atoms with E-state index in [1.165, 1.54) is 0 Å². The lowest BCUT2D eigenvalue weighted by Crippen LogP contribution is -2.48. The molecule has 0 fully saturated rings. The number of nitrogens with one attached hydrogen (secondary N) is 1. The van der Waals surface area contributed by atoms with Crippen molar-refractivity contribution in [3.05, 3.63) is 65.8 Å². The zero-order valence-electron chi connectivity index (χ0n) is 13.2. The fourth-order valence-electron chi connectivity index (χ4n) is 3.72. The van der Waals surface area contributed by atoms with E-state index in [1.807, 2.05) is 42.5 Å². The first kappa shape index (κ1) is 14.0. The van der Waals surface area contributed by atoms with E-state index in [4.69, 9.17) is 0 Å². The van der Waals surface area contributed by atoms with Crippen LogP contribution >= 0.6 is 0 Å². The van der Waals surface area contributed by atoms with Crippen molar-refractivity contribution in [1.29, 1.82) is 0 Å². The van der Waals surface area contributed by atoms with Crippen molar-refractivity contribution < 1.29 is 9.59 Å². The summed E-state index contributed by atoms with van der Waals surface area (Å²) in [5, 5.41) is 2.84. The van der Waals surface area contributed by atoms with Gasteiger partial charge in [-0.15, -0.1) is 0 Å². The number of anilines is 1. The average Bonchev–Trinajstić information content (AvgIpc) is 2.76. The summed E-state index contributed by atoms with van der Waals surface area (Å²) in [4.78, 5) is 27.1. The summed E-state index contributed by atoms with van der Waals surface area (Å²) in [5.41, 5.74) is 1.22. The van der Waals surface area contributed by atoms with E-state index in [0.717, 1.165) is 5.57 Å². The van der Waals surface area contributed by atoms with Crippen LogP contribution in [0.5, 0.6) is 0 Å². The molecule has 116 valence electrons. The smallest absolute Gasteiger partial charge is 0.261 e. The van der Waals surface area contributed by atoms with Crippen LogP contribution in [0.3, 0.4) is 0 Å². The Bertz CT molecular complexity index is 788. The molecule has 1 heterocycles. The second-order valence-corrected chi connectivity index (χ2v) is 6.71. The molecule has 2 bridgehead atoms. The van der Waals surface area contributed by atoms with Crippen molar-refractivity contribution >= 4 is 17.5 Å². The molecule has 2 amide bonds. The SMILES string of the molecule is CN1C(=O)C(C(=O)Nc2ccccc2)=C2CC3(C)C=CC21C=C3. The van der Waals surface area contributed by atoms with Crippen molar-refractivity contribution in [3.8, 4) is 0 Å². The van der Waals surface area contributed by atoms with Crippen molar-refractivity contribution in [3.63, 3.8) is 0 Å². The largest absolute Gasteiger partial charge is 0.325 e. The number of likely N-dealkylation sites (N-methyl/N-ethyl adjacent to an activating group) is 1. The van der Waals surface area contributed by atoms with E-state index in [-0.39, 0.29) is 22.8 Å². The molecular weight excluding hydrogens is 288 g/mol. The van der Waals surface area contributed by atoms with Crippen molar-refractivity contribution in [1.82, 2.24) is 4.90 Å². The second kappa shape index (κ2) is 4.44. The lowest BCUT2D eigenvalue weighted by molar-refractivity contribution is -0.128. The predicted octanol–water partition coefficient (Wildman–Crippen LogP) is 2.67. The molecule has 0 saturated carbocycles. The van der Waals surface area contributed by atoms with Crippen LogP contribution in [-0.2, 0) is 9.59 Å². The van der Waals surface area contributed by atoms with Gasteiger partial charge < -0.3 is 10.2 Å². The summed E-state index contributed by atoms with van der Waals surface area (Å²) in [6.45, 7) is 2.12. The van der Waals surface area contributed by atoms with Crippen LogP contribution < -0.4 is 5.32 Å². The number of allylic oxidation sites excluding steroid dienone is 2. The minimum Gasteiger partial charge on any atom is -0.325 e. The highest BCUT2D eigenvalue weighted by Gasteiger charge is 2.54. The van der Waals surface area contributed by atoms with Gasteiger partial charge in [-0.25, -0.2) is 0 Å². The molecule has 1 aromatic carbocycles. The van der Waals surface area contributed by atoms with Gasteiger partial charge >= 0.3 is 0 Å². The summed E-state index contributed by atoms with van der Waals surface area (Å²) in [7, 11) is 1.76. The molecule has 5 rings (SSSR count). The number of rotatable bonds is 2. The summed E-state index contributed by atoms with van der Waals surface area (Å²) < 4.78 is 0. The molecule has 0 atom stereocenters. The lowest BCUT2D eigenvalue weighted by Gasteiger charge is -2.45. The molecule has 1 spiro atoms. The third kappa shape index (κ3) is 1.84. The van der Waals surface area contributed by atoms with E-state index < -0.39 is 5.54 Å². The Morgan fingerprint density at radius 2 is 1.78 bits per heavy atom. The Kier molecular flexibility index (Phi) is 2.71. The van der Waals surface area contributed by atoms with Gasteiger partial charge in [-0.2, -0.15) is 0 Å². The first-order chi connectivity index (χ1) is 11.0. The topological polar surface area (TPSA) is 49.4 Å². The maximum atomic E-state index is 12.7. The van der Waals surface area contributed by atoms with Crippen LogP contribution in [0.1, 0.15) is 13.3 Å². The number of hydrogen-bond acceptors (Lipinski definition) is 2. The number of amides is 2. The van der Waals surface area contributed by atoms with Crippen LogP contribution in [-0.4, -0.2) is 29.3 Å². The number of hydrogen-bond donors (Lipinski definition) is 1. The van der Waals surface area contributed by atoms with Crippen LogP contribution in [0.15, 0.2) is 65.8 Å². The fourth-order valence-corrected chi connectivity index (χ4v) is 3.72. The van der Waals surface area contributed by atoms with E-state index in [9.17, 15) is 9.59 Å². The first-order valence-electron chi connectivity index (χ1n) is 7.74. The zero-order chi connectivity index (χ0) is 16.2. The Hall–Kier alpha value is -2.62. The molecule has 4 nitrogen and oxygen atoms in total. The number of nitrogens with zero attached hydrogens (tertiary/aromatic N) is 1. The maximum Gasteiger partial charge on any atom is 0.261 e. The quantitative estimate of drug-likeness (QED) is 0.674. The Balaban J connectivity index is 1.77. The number of benzene rings is 1. The van der Waals surface area contributed by atoms with Gasteiger partial charge in [0.25, 0.3) is 11.8 Å². The molecule has 4 heteroatoms. The van der Waals surface area contributed by atoms with Crippen molar-refractivity contribution in [2.75, 3.05) is 12.4 Å². The van der Waals surface area contributed by atoms with E-state index in [0.29, 0.717) is 12.1 Å². The third-order valence-electron chi connectivity index (χ3n) is 5.11. The monoisotopic (exact) mass is 306 g/mol. The van der Waals surface area contributed by atoms with Crippen molar-refractivity contribution in [2.45, 2.75) is 18.9 Å². The van der Waals surface area contributed by atoms with Gasteiger partial charge in [0, 0.05) is 18.2 Å². The van der Waals surface area contributed by atoms with Crippen LogP contribution in [0.25, 0.3) is 0 Å². The summed E-state index contributed by atoms with van der Waals surface area (Å²) in [5.74, 6) is -0.535. The van der Waals surface area contributed by atoms with Gasteiger partial charge in [-0.1, -0.05) is 49.4 Å². The predicted molar refractivity (Wildman–Crippen MR) is 88.6 cm³/mol. The van der Waals surface area contributed by atoms with Gasteiger partial charge in [0.2, 0.25) is 0 Å². The molecule has 1 aromatic rings. The average molecular weight is 306 g/mol. The molecule has 0 unspecified atom stereocenters. The van der Waals surface area contributed by atoms with Gasteiger partial charge in [0.15, 0.2) is 0 Å². The molecule has 1 N–H and O–H groups in total. The number of carbonyl (C=O) groups is 2. The number of carbonyl (C=O) groups excluding carboxylic acids is 2. The molecule has 0 aromatic heterocycles. The highest BCUT2D eigenvalue weighted by atomic mass is 16.2. The standard InChI is InChI=1S/C19H18N2O2/c1-18-8-10-19(11-9-18)14(12-18)15(17(23)21(19)2)16(22)20-13-6-4-3-5-7-13/h3-11H,12H2,1-2H3,(H,20,22). The minimum absolute atomic E-state index is 0.110. The van der Waals surface area contributed by atoms with E-state index in [2.05, 4.69) is 24.4 Å². The van der Waals surface area contributed by atoms with Crippen LogP contribution in [0.2, 0.25) is 0 Å². The van der Waals surface area contributed by atoms with Crippen LogP contribution in [0, 0.1) is 5.41 Å². The molecule has 4 aliphatic rings. The molecule has 0 radical (unpaired) electrons. The Morgan fingerprint density at radius 1 is 1.13 bits per heavy atom. The molecule has 0 saturated heterocycles. The summed E-state index contributed by atoms with van der Waals surface area (Å²) >= 11 is 0. The fraction of sp³-hybridized carbons (Fsp3) is 0.263. The van der Waals surface area contributed by atoms with Gasteiger partial charge in [0.1, 0.15) is 11.1 Å². The first-order valence-corrected chi connectivity index (χ1v) is 7.74. The molecule has 23 heavy (non-hydrogen) atoms. The van der Waals surface area contributed by atoms with Crippen LogP contribution in [0.4, 0.5) is 5.69 Å². The van der Waals surface area contributed by atoms with Gasteiger partial charge in [0.05, 0.1) is 0 Å². The zero-order valence-corrected chi connectivity index (χ0v) is 13.2. The highest BCUT2D eigenvalue weighted by Crippen LogP contribution is 2.52. The molecule has 3 aliphatic carbocycles. The second-order valence-electron chi connectivity index (χ2n) is 6.71. The van der Waals surface area contributed by atoms with E-state index in [1.54, 1.807) is 11.9 Å². The Labute approximate surface area is 135 Å².